The predicted octanol–water partition coefficient (Wildman–Crippen LogP) is 4.06. The predicted molar refractivity (Wildman–Crippen MR) is 100.0 cm³/mol. The van der Waals surface area contributed by atoms with Crippen LogP contribution < -0.4 is 15.7 Å². The van der Waals surface area contributed by atoms with Crippen molar-refractivity contribution in [3.8, 4) is 5.75 Å². The van der Waals surface area contributed by atoms with E-state index in [-0.39, 0.29) is 16.3 Å². The highest BCUT2D eigenvalue weighted by Gasteiger charge is 2.19. The van der Waals surface area contributed by atoms with Crippen molar-refractivity contribution in [2.75, 3.05) is 11.5 Å². The molecule has 1 aliphatic carbocycles. The van der Waals surface area contributed by atoms with Crippen molar-refractivity contribution in [3.05, 3.63) is 48.0 Å². The van der Waals surface area contributed by atoms with E-state index >= 15 is 0 Å². The van der Waals surface area contributed by atoms with E-state index in [1.54, 1.807) is 12.1 Å². The molecule has 0 saturated heterocycles. The summed E-state index contributed by atoms with van der Waals surface area (Å²) in [5, 5.41) is 0. The minimum atomic E-state index is -3.89. The number of hydrogen-bond acceptors (Lipinski definition) is 5. The molecule has 1 fully saturated rings. The lowest BCUT2D eigenvalue weighted by Crippen LogP contribution is -2.10. The molecule has 3 rings (SSSR count). The Hall–Kier alpha value is -2.21. The topological polar surface area (TPSA) is 95.4 Å². The van der Waals surface area contributed by atoms with E-state index in [0.29, 0.717) is 11.6 Å². The summed E-state index contributed by atoms with van der Waals surface area (Å²) in [7, 11) is -3.89. The molecule has 1 aliphatic rings. The first-order chi connectivity index (χ1) is 12.0. The molecule has 1 saturated carbocycles. The minimum absolute atomic E-state index is 0.139. The van der Waals surface area contributed by atoms with Crippen LogP contribution in [-0.2, 0) is 10.1 Å². The highest BCUT2D eigenvalue weighted by Crippen LogP contribution is 2.32. The number of anilines is 2. The third-order valence-corrected chi connectivity index (χ3v) is 6.02. The molecule has 5 nitrogen and oxygen atoms in total. The fourth-order valence-corrected chi connectivity index (χ4v) is 4.22. The second kappa shape index (κ2) is 7.35. The van der Waals surface area contributed by atoms with Crippen molar-refractivity contribution in [2.45, 2.75) is 49.3 Å². The lowest BCUT2D eigenvalue weighted by Gasteiger charge is -2.15. The van der Waals surface area contributed by atoms with Crippen LogP contribution in [0.1, 0.15) is 50.0 Å². The first-order valence-electron chi connectivity index (χ1n) is 8.65. The highest BCUT2D eigenvalue weighted by atomic mass is 32.2. The number of nitrogens with two attached hydrogens (primary N) is 2. The van der Waals surface area contributed by atoms with Crippen LogP contribution in [0, 0.1) is 0 Å². The van der Waals surface area contributed by atoms with E-state index in [2.05, 4.69) is 0 Å². The maximum absolute atomic E-state index is 12.4. The molecule has 2 aromatic carbocycles. The standard InChI is InChI=1S/C19H24N2O3S/c20-18-12-9-16(13-19(18)21)24-25(22,23)17-10-7-15(8-11-17)14-5-3-1-2-4-6-14/h7-14H,1-6,20-21H2. The lowest BCUT2D eigenvalue weighted by atomic mass is 9.92. The van der Waals surface area contributed by atoms with Gasteiger partial charge in [-0.05, 0) is 48.6 Å². The molecule has 0 amide bonds. The van der Waals surface area contributed by atoms with Gasteiger partial charge in [0.1, 0.15) is 10.6 Å². The van der Waals surface area contributed by atoms with Crippen LogP contribution in [-0.4, -0.2) is 8.42 Å². The summed E-state index contributed by atoms with van der Waals surface area (Å²) < 4.78 is 30.1. The number of rotatable bonds is 4. The number of hydrogen-bond donors (Lipinski definition) is 2. The molecule has 0 aromatic heterocycles. The number of nitrogen functional groups attached to an aromatic ring is 2. The Morgan fingerprint density at radius 3 is 2.08 bits per heavy atom. The summed E-state index contributed by atoms with van der Waals surface area (Å²) in [6.07, 6.45) is 7.42. The molecule has 6 heteroatoms. The van der Waals surface area contributed by atoms with Crippen LogP contribution in [0.5, 0.6) is 5.75 Å². The van der Waals surface area contributed by atoms with Crippen LogP contribution in [0.4, 0.5) is 11.4 Å². The van der Waals surface area contributed by atoms with Gasteiger partial charge in [-0.15, -0.1) is 0 Å². The van der Waals surface area contributed by atoms with Gasteiger partial charge in [0.25, 0.3) is 0 Å². The van der Waals surface area contributed by atoms with Gasteiger partial charge < -0.3 is 15.7 Å². The summed E-state index contributed by atoms with van der Waals surface area (Å²) in [5.41, 5.74) is 13.2. The van der Waals surface area contributed by atoms with Crippen molar-refractivity contribution in [2.24, 2.45) is 0 Å². The van der Waals surface area contributed by atoms with Gasteiger partial charge in [0, 0.05) is 6.07 Å². The smallest absolute Gasteiger partial charge is 0.339 e. The molecular formula is C19H24N2O3S. The second-order valence-electron chi connectivity index (χ2n) is 6.59. The van der Waals surface area contributed by atoms with E-state index in [4.69, 9.17) is 15.7 Å². The van der Waals surface area contributed by atoms with Gasteiger partial charge in [-0.1, -0.05) is 37.8 Å². The minimum Gasteiger partial charge on any atom is -0.397 e. The molecule has 0 bridgehead atoms. The number of benzene rings is 2. The highest BCUT2D eigenvalue weighted by molar-refractivity contribution is 7.87. The summed E-state index contributed by atoms with van der Waals surface area (Å²) in [6, 6.07) is 11.5. The Bertz CT molecular complexity index is 824. The third kappa shape index (κ3) is 4.25. The Balaban J connectivity index is 1.76. The van der Waals surface area contributed by atoms with E-state index in [1.807, 2.05) is 12.1 Å². The fraction of sp³-hybridized carbons (Fsp3) is 0.368. The summed E-state index contributed by atoms with van der Waals surface area (Å²) in [4.78, 5) is 0.139. The molecule has 0 unspecified atom stereocenters. The maximum atomic E-state index is 12.4. The van der Waals surface area contributed by atoms with Crippen LogP contribution in [0.15, 0.2) is 47.4 Å². The Morgan fingerprint density at radius 1 is 0.840 bits per heavy atom. The van der Waals surface area contributed by atoms with Gasteiger partial charge in [-0.3, -0.25) is 0 Å². The molecule has 0 aliphatic heterocycles. The molecular weight excluding hydrogens is 336 g/mol. The average Bonchev–Trinajstić information content (AvgIpc) is 2.87. The zero-order chi connectivity index (χ0) is 17.9. The van der Waals surface area contributed by atoms with Crippen molar-refractivity contribution in [1.82, 2.24) is 0 Å². The van der Waals surface area contributed by atoms with E-state index in [1.165, 1.54) is 62.3 Å². The van der Waals surface area contributed by atoms with Crippen molar-refractivity contribution < 1.29 is 12.6 Å². The largest absolute Gasteiger partial charge is 0.397 e. The van der Waals surface area contributed by atoms with Crippen molar-refractivity contribution >= 4 is 21.5 Å². The van der Waals surface area contributed by atoms with Crippen LogP contribution >= 0.6 is 0 Å². The Morgan fingerprint density at radius 2 is 1.48 bits per heavy atom. The van der Waals surface area contributed by atoms with Crippen LogP contribution in [0.25, 0.3) is 0 Å². The maximum Gasteiger partial charge on any atom is 0.339 e. The van der Waals surface area contributed by atoms with Crippen molar-refractivity contribution in [1.29, 1.82) is 0 Å². The van der Waals surface area contributed by atoms with E-state index in [0.717, 1.165) is 0 Å². The quantitative estimate of drug-likeness (QED) is 0.487. The van der Waals surface area contributed by atoms with E-state index in [9.17, 15) is 8.42 Å². The van der Waals surface area contributed by atoms with Crippen LogP contribution in [0.2, 0.25) is 0 Å². The van der Waals surface area contributed by atoms with Gasteiger partial charge in [-0.25, -0.2) is 0 Å². The Kier molecular flexibility index (Phi) is 5.18. The molecule has 0 radical (unpaired) electrons. The first kappa shape index (κ1) is 17.6. The first-order valence-corrected chi connectivity index (χ1v) is 10.1. The molecule has 0 atom stereocenters. The monoisotopic (exact) mass is 360 g/mol. The molecule has 0 spiro atoms. The van der Waals surface area contributed by atoms with Gasteiger partial charge in [-0.2, -0.15) is 8.42 Å². The molecule has 2 aromatic rings. The molecule has 25 heavy (non-hydrogen) atoms. The zero-order valence-corrected chi connectivity index (χ0v) is 15.0. The molecule has 134 valence electrons. The fourth-order valence-electron chi connectivity index (χ4n) is 3.30. The SMILES string of the molecule is Nc1ccc(OS(=O)(=O)c2ccc(C3CCCCCC3)cc2)cc1N. The second-order valence-corrected chi connectivity index (χ2v) is 8.13. The summed E-state index contributed by atoms with van der Waals surface area (Å²) >= 11 is 0. The average molecular weight is 360 g/mol. The third-order valence-electron chi connectivity index (χ3n) is 4.76. The van der Waals surface area contributed by atoms with E-state index < -0.39 is 10.1 Å². The van der Waals surface area contributed by atoms with Gasteiger partial charge in [0.05, 0.1) is 11.4 Å². The molecule has 4 N–H and O–H groups in total. The normalized spacial score (nSPS) is 16.3. The Labute approximate surface area is 149 Å². The lowest BCUT2D eigenvalue weighted by molar-refractivity contribution is 0.486. The van der Waals surface area contributed by atoms with Gasteiger partial charge in [0.2, 0.25) is 0 Å². The van der Waals surface area contributed by atoms with Gasteiger partial charge >= 0.3 is 10.1 Å². The summed E-state index contributed by atoms with van der Waals surface area (Å²) in [6.45, 7) is 0. The van der Waals surface area contributed by atoms with Crippen molar-refractivity contribution in [3.63, 3.8) is 0 Å². The van der Waals surface area contributed by atoms with Crippen LogP contribution in [0.3, 0.4) is 0 Å². The van der Waals surface area contributed by atoms with Gasteiger partial charge in [0.15, 0.2) is 0 Å². The molecule has 0 heterocycles. The zero-order valence-electron chi connectivity index (χ0n) is 14.1. The summed E-state index contributed by atoms with van der Waals surface area (Å²) in [5.74, 6) is 0.677.